The molecule has 27 heavy (non-hydrogen) atoms. The molecule has 0 aliphatic heterocycles. The third kappa shape index (κ3) is 5.03. The van der Waals surface area contributed by atoms with Crippen LogP contribution in [-0.4, -0.2) is 44.3 Å². The number of aromatic nitrogens is 4. The highest BCUT2D eigenvalue weighted by atomic mass is 35.5. The summed E-state index contributed by atoms with van der Waals surface area (Å²) in [5.74, 6) is 0.538. The van der Waals surface area contributed by atoms with Gasteiger partial charge in [-0.25, -0.2) is 15.0 Å². The normalized spacial score (nSPS) is 12.6. The Bertz CT molecular complexity index is 915. The third-order valence-electron chi connectivity index (χ3n) is 3.89. The maximum Gasteiger partial charge on any atom is 0.175 e. The molecular formula is C17H20Cl2N6OS. The van der Waals surface area contributed by atoms with E-state index in [0.29, 0.717) is 40.1 Å². The smallest absolute Gasteiger partial charge is 0.175 e. The fourth-order valence-electron chi connectivity index (χ4n) is 2.51. The number of nitrogens with one attached hydrogen (secondary N) is 1. The second-order valence-electron chi connectivity index (χ2n) is 6.18. The number of aliphatic hydroxyl groups excluding tert-OH is 1. The number of nitrogen functional groups attached to an aromatic ring is 1. The highest BCUT2D eigenvalue weighted by molar-refractivity contribution is 7.99. The molecule has 7 nitrogen and oxygen atoms in total. The van der Waals surface area contributed by atoms with Gasteiger partial charge in [0.05, 0.1) is 0 Å². The van der Waals surface area contributed by atoms with Crippen molar-refractivity contribution < 1.29 is 5.11 Å². The molecule has 0 radical (unpaired) electrons. The average molecular weight is 427 g/mol. The summed E-state index contributed by atoms with van der Waals surface area (Å²) in [6.07, 6.45) is 1.43. The quantitative estimate of drug-likeness (QED) is 0.475. The fraction of sp³-hybridized carbons (Fsp3) is 0.353. The Balaban J connectivity index is 1.87. The van der Waals surface area contributed by atoms with Crippen LogP contribution in [0.25, 0.3) is 11.2 Å². The SMILES string of the molecule is CC(CO)CNCCn1c(Sc2cc(Cl)cc(Cl)c2)nc2c(N)ncnc21. The van der Waals surface area contributed by atoms with Gasteiger partial charge in [-0.3, -0.25) is 0 Å². The van der Waals surface area contributed by atoms with E-state index in [-0.39, 0.29) is 12.5 Å². The number of nitrogens with zero attached hydrogens (tertiary/aromatic N) is 4. The van der Waals surface area contributed by atoms with E-state index in [0.717, 1.165) is 16.6 Å². The summed E-state index contributed by atoms with van der Waals surface area (Å²) in [7, 11) is 0. The van der Waals surface area contributed by atoms with Gasteiger partial charge >= 0.3 is 0 Å². The molecule has 2 aromatic heterocycles. The summed E-state index contributed by atoms with van der Waals surface area (Å²) in [6, 6.07) is 5.35. The van der Waals surface area contributed by atoms with E-state index >= 15 is 0 Å². The average Bonchev–Trinajstić information content (AvgIpc) is 2.96. The Hall–Kier alpha value is -1.58. The summed E-state index contributed by atoms with van der Waals surface area (Å²) in [5, 5.41) is 14.3. The van der Waals surface area contributed by atoms with E-state index in [4.69, 9.17) is 34.0 Å². The van der Waals surface area contributed by atoms with Gasteiger partial charge in [-0.1, -0.05) is 41.9 Å². The van der Waals surface area contributed by atoms with Gasteiger partial charge in [0.2, 0.25) is 0 Å². The maximum atomic E-state index is 9.13. The van der Waals surface area contributed by atoms with Gasteiger partial charge in [0.15, 0.2) is 22.1 Å². The van der Waals surface area contributed by atoms with E-state index in [1.807, 2.05) is 23.6 Å². The van der Waals surface area contributed by atoms with E-state index in [1.165, 1.54) is 18.1 Å². The van der Waals surface area contributed by atoms with Crippen LogP contribution in [0.15, 0.2) is 34.6 Å². The molecule has 0 saturated carbocycles. The van der Waals surface area contributed by atoms with Crippen LogP contribution >= 0.6 is 35.0 Å². The van der Waals surface area contributed by atoms with Crippen LogP contribution in [-0.2, 0) is 6.54 Å². The van der Waals surface area contributed by atoms with Crippen molar-refractivity contribution in [2.75, 3.05) is 25.4 Å². The Labute approximate surface area is 171 Å². The number of halogens is 2. The highest BCUT2D eigenvalue weighted by Crippen LogP contribution is 2.33. The number of rotatable bonds is 8. The number of fused-ring (bicyclic) bond motifs is 1. The van der Waals surface area contributed by atoms with E-state index in [2.05, 4.69) is 20.3 Å². The van der Waals surface area contributed by atoms with Crippen molar-refractivity contribution in [2.24, 2.45) is 5.92 Å². The number of aliphatic hydroxyl groups is 1. The standard InChI is InChI=1S/C17H20Cl2N6OS/c1-10(8-26)7-21-2-3-25-16-14(15(20)22-9-23-16)24-17(25)27-13-5-11(18)4-12(19)6-13/h4-6,9-10,21,26H,2-3,7-8H2,1H3,(H2,20,22,23). The lowest BCUT2D eigenvalue weighted by atomic mass is 10.2. The van der Waals surface area contributed by atoms with Crippen molar-refractivity contribution in [1.29, 1.82) is 0 Å². The molecule has 1 aromatic carbocycles. The largest absolute Gasteiger partial charge is 0.396 e. The second kappa shape index (κ2) is 9.07. The zero-order valence-corrected chi connectivity index (χ0v) is 17.0. The molecule has 144 valence electrons. The molecule has 1 atom stereocenters. The van der Waals surface area contributed by atoms with Gasteiger partial charge in [-0.15, -0.1) is 0 Å². The molecule has 0 amide bonds. The van der Waals surface area contributed by atoms with Crippen molar-refractivity contribution in [3.05, 3.63) is 34.6 Å². The van der Waals surface area contributed by atoms with Gasteiger partial charge in [-0.05, 0) is 30.7 Å². The molecule has 3 aromatic rings. The molecule has 0 aliphatic rings. The molecule has 0 saturated heterocycles. The topological polar surface area (TPSA) is 102 Å². The molecular weight excluding hydrogens is 407 g/mol. The number of imidazole rings is 1. The molecule has 0 aliphatic carbocycles. The third-order valence-corrected chi connectivity index (χ3v) is 5.29. The summed E-state index contributed by atoms with van der Waals surface area (Å²) >= 11 is 13.7. The summed E-state index contributed by atoms with van der Waals surface area (Å²) in [5.41, 5.74) is 7.21. The Morgan fingerprint density at radius 2 is 2.00 bits per heavy atom. The summed E-state index contributed by atoms with van der Waals surface area (Å²) in [4.78, 5) is 13.9. The lowest BCUT2D eigenvalue weighted by molar-refractivity contribution is 0.233. The minimum absolute atomic E-state index is 0.154. The van der Waals surface area contributed by atoms with Crippen LogP contribution < -0.4 is 11.1 Å². The first-order valence-electron chi connectivity index (χ1n) is 8.40. The lowest BCUT2D eigenvalue weighted by Gasteiger charge is -2.12. The number of nitrogens with two attached hydrogens (primary N) is 1. The van der Waals surface area contributed by atoms with Crippen molar-refractivity contribution in [1.82, 2.24) is 24.8 Å². The van der Waals surface area contributed by atoms with Crippen LogP contribution in [0.2, 0.25) is 10.0 Å². The van der Waals surface area contributed by atoms with Crippen molar-refractivity contribution in [2.45, 2.75) is 23.5 Å². The first-order chi connectivity index (χ1) is 13.0. The first-order valence-corrected chi connectivity index (χ1v) is 9.97. The predicted molar refractivity (Wildman–Crippen MR) is 109 cm³/mol. The summed E-state index contributed by atoms with van der Waals surface area (Å²) < 4.78 is 1.99. The monoisotopic (exact) mass is 426 g/mol. The number of hydrogen-bond donors (Lipinski definition) is 3. The fourth-order valence-corrected chi connectivity index (χ4v) is 4.17. The zero-order chi connectivity index (χ0) is 19.4. The maximum absolute atomic E-state index is 9.13. The molecule has 0 bridgehead atoms. The lowest BCUT2D eigenvalue weighted by Crippen LogP contribution is -2.26. The van der Waals surface area contributed by atoms with Crippen LogP contribution in [0, 0.1) is 5.92 Å². The Morgan fingerprint density at radius 3 is 2.70 bits per heavy atom. The number of anilines is 1. The van der Waals surface area contributed by atoms with Gasteiger partial charge in [0.1, 0.15) is 6.33 Å². The second-order valence-corrected chi connectivity index (χ2v) is 8.09. The molecule has 0 fully saturated rings. The Kier molecular flexibility index (Phi) is 6.78. The van der Waals surface area contributed by atoms with Gasteiger partial charge < -0.3 is 20.7 Å². The van der Waals surface area contributed by atoms with Gasteiger partial charge in [-0.2, -0.15) is 0 Å². The molecule has 2 heterocycles. The van der Waals surface area contributed by atoms with Crippen molar-refractivity contribution in [3.63, 3.8) is 0 Å². The van der Waals surface area contributed by atoms with Crippen molar-refractivity contribution in [3.8, 4) is 0 Å². The predicted octanol–water partition coefficient (Wildman–Crippen LogP) is 3.08. The highest BCUT2D eigenvalue weighted by Gasteiger charge is 2.16. The van der Waals surface area contributed by atoms with Crippen LogP contribution in [0.5, 0.6) is 0 Å². The molecule has 0 spiro atoms. The molecule has 1 unspecified atom stereocenters. The van der Waals surface area contributed by atoms with Gasteiger partial charge in [0.25, 0.3) is 0 Å². The van der Waals surface area contributed by atoms with Crippen LogP contribution in [0.3, 0.4) is 0 Å². The van der Waals surface area contributed by atoms with E-state index < -0.39 is 0 Å². The molecule has 10 heteroatoms. The zero-order valence-electron chi connectivity index (χ0n) is 14.7. The Morgan fingerprint density at radius 1 is 1.26 bits per heavy atom. The minimum Gasteiger partial charge on any atom is -0.396 e. The molecule has 4 N–H and O–H groups in total. The van der Waals surface area contributed by atoms with E-state index in [9.17, 15) is 0 Å². The number of benzene rings is 1. The van der Waals surface area contributed by atoms with E-state index in [1.54, 1.807) is 6.07 Å². The van der Waals surface area contributed by atoms with Crippen LogP contribution in [0.4, 0.5) is 5.82 Å². The molecule has 3 rings (SSSR count). The van der Waals surface area contributed by atoms with Crippen LogP contribution in [0.1, 0.15) is 6.92 Å². The number of hydrogen-bond acceptors (Lipinski definition) is 7. The summed E-state index contributed by atoms with van der Waals surface area (Å²) in [6.45, 7) is 4.21. The first kappa shape index (κ1) is 20.2. The minimum atomic E-state index is 0.154. The van der Waals surface area contributed by atoms with Gasteiger partial charge in [0, 0.05) is 34.6 Å². The van der Waals surface area contributed by atoms with Crippen molar-refractivity contribution >= 4 is 51.9 Å².